The number of aromatic nitrogens is 4. The maximum Gasteiger partial charge on any atom is 0.115 e. The van der Waals surface area contributed by atoms with Crippen LogP contribution in [0.3, 0.4) is 0 Å². The first-order chi connectivity index (χ1) is 6.27. The van der Waals surface area contributed by atoms with Crippen LogP contribution in [0.4, 0.5) is 0 Å². The van der Waals surface area contributed by atoms with Crippen LogP contribution in [0.2, 0.25) is 0 Å². The maximum absolute atomic E-state index is 3.90. The Kier molecular flexibility index (Phi) is 1.88. The zero-order valence-electron chi connectivity index (χ0n) is 7.60. The molecular weight excluding hydrogens is 164 g/mol. The Labute approximate surface area is 76.0 Å². The SMILES string of the molecule is CC(C)c1ccc2nnnnc2c1. The fourth-order valence-electron chi connectivity index (χ4n) is 1.20. The van der Waals surface area contributed by atoms with E-state index in [4.69, 9.17) is 0 Å². The van der Waals surface area contributed by atoms with E-state index in [9.17, 15) is 0 Å². The van der Waals surface area contributed by atoms with Gasteiger partial charge in [0.25, 0.3) is 0 Å². The predicted octanol–water partition coefficient (Wildman–Crippen LogP) is 1.54. The number of benzene rings is 1. The molecule has 0 aliphatic carbocycles. The molecule has 0 aliphatic rings. The first-order valence-electron chi connectivity index (χ1n) is 4.23. The van der Waals surface area contributed by atoms with Gasteiger partial charge in [-0.1, -0.05) is 19.9 Å². The maximum atomic E-state index is 3.90. The number of rotatable bonds is 1. The summed E-state index contributed by atoms with van der Waals surface area (Å²) < 4.78 is 0. The van der Waals surface area contributed by atoms with Crippen molar-refractivity contribution in [3.8, 4) is 0 Å². The van der Waals surface area contributed by atoms with Crippen LogP contribution in [0.15, 0.2) is 18.2 Å². The molecule has 2 rings (SSSR count). The minimum absolute atomic E-state index is 0.499. The minimum Gasteiger partial charge on any atom is -0.127 e. The molecule has 0 saturated heterocycles. The monoisotopic (exact) mass is 174 g/mol. The molecule has 0 unspecified atom stereocenters. The van der Waals surface area contributed by atoms with Crippen molar-refractivity contribution in [1.82, 2.24) is 20.6 Å². The molecule has 0 N–H and O–H groups in total. The summed E-state index contributed by atoms with van der Waals surface area (Å²) in [5.74, 6) is 0.499. The summed E-state index contributed by atoms with van der Waals surface area (Å²) in [6, 6.07) is 5.97. The molecule has 13 heavy (non-hydrogen) atoms. The van der Waals surface area contributed by atoms with Crippen LogP contribution < -0.4 is 0 Å². The van der Waals surface area contributed by atoms with E-state index in [-0.39, 0.29) is 0 Å². The largest absolute Gasteiger partial charge is 0.127 e. The highest BCUT2D eigenvalue weighted by Crippen LogP contribution is 2.17. The van der Waals surface area contributed by atoms with Gasteiger partial charge in [-0.15, -0.1) is 10.2 Å². The smallest absolute Gasteiger partial charge is 0.115 e. The third kappa shape index (κ3) is 1.47. The van der Waals surface area contributed by atoms with E-state index in [1.807, 2.05) is 18.2 Å². The number of hydrogen-bond acceptors (Lipinski definition) is 4. The predicted molar refractivity (Wildman–Crippen MR) is 49.2 cm³/mol. The van der Waals surface area contributed by atoms with Crippen molar-refractivity contribution >= 4 is 11.0 Å². The highest BCUT2D eigenvalue weighted by atomic mass is 15.4. The topological polar surface area (TPSA) is 51.6 Å². The average Bonchev–Trinajstić information content (AvgIpc) is 2.17. The summed E-state index contributed by atoms with van der Waals surface area (Å²) in [5.41, 5.74) is 2.84. The zero-order valence-corrected chi connectivity index (χ0v) is 7.60. The molecule has 0 aliphatic heterocycles. The highest BCUT2D eigenvalue weighted by Gasteiger charge is 2.01. The third-order valence-electron chi connectivity index (χ3n) is 2.01. The molecule has 1 heterocycles. The summed E-state index contributed by atoms with van der Waals surface area (Å²) in [5, 5.41) is 14.7. The molecule has 66 valence electrons. The number of nitrogens with zero attached hydrogens (tertiary/aromatic N) is 4. The summed E-state index contributed by atoms with van der Waals surface area (Å²) in [7, 11) is 0. The second kappa shape index (κ2) is 3.05. The van der Waals surface area contributed by atoms with Gasteiger partial charge in [-0.05, 0) is 34.0 Å². The Bertz CT molecular complexity index is 425. The highest BCUT2D eigenvalue weighted by molar-refractivity contribution is 5.73. The van der Waals surface area contributed by atoms with Gasteiger partial charge in [-0.25, -0.2) is 0 Å². The van der Waals surface area contributed by atoms with Gasteiger partial charge in [0, 0.05) is 0 Å². The van der Waals surface area contributed by atoms with Gasteiger partial charge in [0.15, 0.2) is 0 Å². The molecule has 4 heteroatoms. The van der Waals surface area contributed by atoms with Crippen molar-refractivity contribution < 1.29 is 0 Å². The fourth-order valence-corrected chi connectivity index (χ4v) is 1.20. The Morgan fingerprint density at radius 3 is 2.38 bits per heavy atom. The Morgan fingerprint density at radius 1 is 1.00 bits per heavy atom. The summed E-state index contributed by atoms with van der Waals surface area (Å²) in [4.78, 5) is 0. The zero-order chi connectivity index (χ0) is 9.26. The number of fused-ring (bicyclic) bond motifs is 1. The third-order valence-corrected chi connectivity index (χ3v) is 2.01. The van der Waals surface area contributed by atoms with Gasteiger partial charge in [-0.3, -0.25) is 0 Å². The lowest BCUT2D eigenvalue weighted by Crippen LogP contribution is -1.94. The van der Waals surface area contributed by atoms with Gasteiger partial charge in [0.05, 0.1) is 0 Å². The van der Waals surface area contributed by atoms with Crippen LogP contribution in [0.1, 0.15) is 25.3 Å². The van der Waals surface area contributed by atoms with Crippen LogP contribution in [0, 0.1) is 0 Å². The average molecular weight is 174 g/mol. The van der Waals surface area contributed by atoms with Crippen LogP contribution in [-0.2, 0) is 0 Å². The normalized spacial score (nSPS) is 11.0. The molecule has 0 bridgehead atoms. The van der Waals surface area contributed by atoms with E-state index in [1.165, 1.54) is 5.56 Å². The lowest BCUT2D eigenvalue weighted by atomic mass is 10.0. The quantitative estimate of drug-likeness (QED) is 0.658. The lowest BCUT2D eigenvalue weighted by Gasteiger charge is -2.04. The Balaban J connectivity index is 2.62. The molecule has 0 atom stereocenters. The first-order valence-corrected chi connectivity index (χ1v) is 4.23. The van der Waals surface area contributed by atoms with Crippen LogP contribution in [0.5, 0.6) is 0 Å². The van der Waals surface area contributed by atoms with Crippen LogP contribution in [0.25, 0.3) is 11.0 Å². The van der Waals surface area contributed by atoms with E-state index in [0.29, 0.717) is 5.92 Å². The van der Waals surface area contributed by atoms with E-state index in [2.05, 4.69) is 34.5 Å². The van der Waals surface area contributed by atoms with Gasteiger partial charge < -0.3 is 0 Å². The molecule has 0 fully saturated rings. The van der Waals surface area contributed by atoms with E-state index in [0.717, 1.165) is 11.0 Å². The number of hydrogen-bond donors (Lipinski definition) is 0. The fraction of sp³-hybridized carbons (Fsp3) is 0.333. The van der Waals surface area contributed by atoms with Crippen molar-refractivity contribution in [2.75, 3.05) is 0 Å². The first kappa shape index (κ1) is 8.04. The standard InChI is InChI=1S/C9H10N4/c1-6(2)7-3-4-8-9(5-7)11-13-12-10-8/h3-6H,1-2H3. The summed E-state index contributed by atoms with van der Waals surface area (Å²) >= 11 is 0. The Morgan fingerprint density at radius 2 is 1.69 bits per heavy atom. The summed E-state index contributed by atoms with van der Waals surface area (Å²) in [6.45, 7) is 4.28. The van der Waals surface area contributed by atoms with Gasteiger partial charge in [0.1, 0.15) is 11.0 Å². The van der Waals surface area contributed by atoms with E-state index >= 15 is 0 Å². The van der Waals surface area contributed by atoms with Crippen LogP contribution in [-0.4, -0.2) is 20.6 Å². The van der Waals surface area contributed by atoms with Gasteiger partial charge >= 0.3 is 0 Å². The molecular formula is C9H10N4. The van der Waals surface area contributed by atoms with Crippen molar-refractivity contribution in [3.63, 3.8) is 0 Å². The molecule has 1 aromatic heterocycles. The molecule has 1 aromatic carbocycles. The minimum atomic E-state index is 0.499. The molecule has 0 spiro atoms. The van der Waals surface area contributed by atoms with Crippen molar-refractivity contribution in [2.45, 2.75) is 19.8 Å². The molecule has 4 nitrogen and oxygen atoms in total. The lowest BCUT2D eigenvalue weighted by molar-refractivity contribution is 0.794. The molecule has 0 saturated carbocycles. The second-order valence-corrected chi connectivity index (χ2v) is 3.28. The summed E-state index contributed by atoms with van der Waals surface area (Å²) in [6.07, 6.45) is 0. The molecule has 2 aromatic rings. The van der Waals surface area contributed by atoms with Gasteiger partial charge in [-0.2, -0.15) is 0 Å². The second-order valence-electron chi connectivity index (χ2n) is 3.28. The Hall–Kier alpha value is -1.58. The van der Waals surface area contributed by atoms with E-state index < -0.39 is 0 Å². The molecule has 0 radical (unpaired) electrons. The molecule has 0 amide bonds. The van der Waals surface area contributed by atoms with Crippen molar-refractivity contribution in [3.05, 3.63) is 23.8 Å². The van der Waals surface area contributed by atoms with Gasteiger partial charge in [0.2, 0.25) is 0 Å². The van der Waals surface area contributed by atoms with Crippen LogP contribution >= 0.6 is 0 Å². The van der Waals surface area contributed by atoms with Crippen molar-refractivity contribution in [2.24, 2.45) is 0 Å². The van der Waals surface area contributed by atoms with Crippen molar-refractivity contribution in [1.29, 1.82) is 0 Å². The van der Waals surface area contributed by atoms with E-state index in [1.54, 1.807) is 0 Å².